The number of aliphatic carboxylic acids is 1. The molecule has 0 unspecified atom stereocenters. The van der Waals surface area contributed by atoms with Crippen LogP contribution in [0.3, 0.4) is 0 Å². The van der Waals surface area contributed by atoms with E-state index in [9.17, 15) is 9.18 Å². The molecule has 0 spiro atoms. The summed E-state index contributed by atoms with van der Waals surface area (Å²) >= 11 is 0. The monoisotopic (exact) mass is 262 g/mol. The molecule has 0 atom stereocenters. The average Bonchev–Trinajstić information content (AvgIpc) is 2.62. The van der Waals surface area contributed by atoms with Gasteiger partial charge in [0.25, 0.3) is 0 Å². The van der Waals surface area contributed by atoms with Crippen molar-refractivity contribution in [3.05, 3.63) is 41.5 Å². The van der Waals surface area contributed by atoms with Gasteiger partial charge in [-0.1, -0.05) is 18.2 Å². The van der Waals surface area contributed by atoms with Gasteiger partial charge in [0.15, 0.2) is 0 Å². The Morgan fingerprint density at radius 2 is 2.11 bits per heavy atom. The summed E-state index contributed by atoms with van der Waals surface area (Å²) < 4.78 is 15.5. The Labute approximate surface area is 110 Å². The van der Waals surface area contributed by atoms with Crippen LogP contribution < -0.4 is 0 Å². The van der Waals surface area contributed by atoms with Gasteiger partial charge in [-0.25, -0.2) is 4.39 Å². The third kappa shape index (κ3) is 2.65. The zero-order valence-corrected chi connectivity index (χ0v) is 10.9. The van der Waals surface area contributed by atoms with Gasteiger partial charge in [-0.2, -0.15) is 5.10 Å². The van der Waals surface area contributed by atoms with Crippen molar-refractivity contribution in [2.45, 2.75) is 19.8 Å². The zero-order valence-electron chi connectivity index (χ0n) is 10.9. The summed E-state index contributed by atoms with van der Waals surface area (Å²) in [6.07, 6.45) is 0.330. The number of hydrogen-bond acceptors (Lipinski definition) is 2. The van der Waals surface area contributed by atoms with E-state index < -0.39 is 5.97 Å². The molecule has 0 aliphatic rings. The number of nitrogens with zero attached hydrogens (tertiary/aromatic N) is 2. The molecule has 1 aromatic carbocycles. The quantitative estimate of drug-likeness (QED) is 0.921. The Bertz CT molecular complexity index is 620. The second-order valence-corrected chi connectivity index (χ2v) is 4.40. The maximum atomic E-state index is 13.9. The van der Waals surface area contributed by atoms with Crippen molar-refractivity contribution in [1.82, 2.24) is 9.78 Å². The largest absolute Gasteiger partial charge is 0.481 e. The van der Waals surface area contributed by atoms with Crippen molar-refractivity contribution in [3.8, 4) is 11.1 Å². The van der Waals surface area contributed by atoms with Crippen LogP contribution in [-0.2, 0) is 18.3 Å². The number of carboxylic acids is 1. The second kappa shape index (κ2) is 5.22. The molecule has 0 amide bonds. The number of halogens is 1. The van der Waals surface area contributed by atoms with Gasteiger partial charge in [-0.15, -0.1) is 0 Å². The molecule has 0 radical (unpaired) electrons. The van der Waals surface area contributed by atoms with Gasteiger partial charge in [0.05, 0.1) is 12.1 Å². The number of rotatable bonds is 4. The molecule has 0 fully saturated rings. The highest BCUT2D eigenvalue weighted by molar-refractivity contribution is 5.71. The Balaban J connectivity index is 2.50. The molecule has 1 aromatic heterocycles. The SMILES string of the molecule is Cc1nn(C)c(CCC(=O)O)c1-c1ccccc1F. The van der Waals surface area contributed by atoms with E-state index in [1.165, 1.54) is 6.07 Å². The fourth-order valence-corrected chi connectivity index (χ4v) is 2.23. The van der Waals surface area contributed by atoms with Crippen molar-refractivity contribution in [1.29, 1.82) is 0 Å². The Hall–Kier alpha value is -2.17. The minimum atomic E-state index is -0.877. The zero-order chi connectivity index (χ0) is 14.0. The number of benzene rings is 1. The van der Waals surface area contributed by atoms with E-state index in [2.05, 4.69) is 5.10 Å². The van der Waals surface area contributed by atoms with Gasteiger partial charge in [0.2, 0.25) is 0 Å². The molecule has 100 valence electrons. The minimum absolute atomic E-state index is 0.000423. The number of aromatic nitrogens is 2. The van der Waals surface area contributed by atoms with E-state index >= 15 is 0 Å². The molecule has 1 N–H and O–H groups in total. The number of carbonyl (C=O) groups is 1. The van der Waals surface area contributed by atoms with Crippen LogP contribution in [0.15, 0.2) is 24.3 Å². The molecule has 2 rings (SSSR count). The minimum Gasteiger partial charge on any atom is -0.481 e. The van der Waals surface area contributed by atoms with Gasteiger partial charge in [-0.3, -0.25) is 9.48 Å². The van der Waals surface area contributed by atoms with Crippen molar-refractivity contribution in [2.75, 3.05) is 0 Å². The molecule has 19 heavy (non-hydrogen) atoms. The van der Waals surface area contributed by atoms with E-state index in [1.807, 2.05) is 0 Å². The first kappa shape index (κ1) is 13.3. The summed E-state index contributed by atoms with van der Waals surface area (Å²) in [6.45, 7) is 1.80. The van der Waals surface area contributed by atoms with E-state index in [1.54, 1.807) is 36.9 Å². The maximum absolute atomic E-state index is 13.9. The van der Waals surface area contributed by atoms with Crippen LogP contribution >= 0.6 is 0 Å². The first-order valence-corrected chi connectivity index (χ1v) is 6.00. The van der Waals surface area contributed by atoms with Gasteiger partial charge in [0.1, 0.15) is 5.82 Å². The Morgan fingerprint density at radius 3 is 2.74 bits per heavy atom. The second-order valence-electron chi connectivity index (χ2n) is 4.40. The smallest absolute Gasteiger partial charge is 0.303 e. The third-order valence-electron chi connectivity index (χ3n) is 3.06. The number of carboxylic acid groups (broad SMARTS) is 1. The van der Waals surface area contributed by atoms with Gasteiger partial charge < -0.3 is 5.11 Å². The summed E-state index contributed by atoms with van der Waals surface area (Å²) in [5.41, 5.74) is 2.60. The molecule has 4 nitrogen and oxygen atoms in total. The molecule has 5 heteroatoms. The van der Waals surface area contributed by atoms with Gasteiger partial charge in [-0.05, 0) is 13.0 Å². The Morgan fingerprint density at radius 1 is 1.42 bits per heavy atom. The Kier molecular flexibility index (Phi) is 3.64. The lowest BCUT2D eigenvalue weighted by atomic mass is 10.0. The van der Waals surface area contributed by atoms with E-state index in [0.29, 0.717) is 23.2 Å². The van der Waals surface area contributed by atoms with Crippen molar-refractivity contribution in [3.63, 3.8) is 0 Å². The van der Waals surface area contributed by atoms with Crippen molar-refractivity contribution < 1.29 is 14.3 Å². The van der Waals surface area contributed by atoms with Gasteiger partial charge >= 0.3 is 5.97 Å². The lowest BCUT2D eigenvalue weighted by Gasteiger charge is -2.07. The van der Waals surface area contributed by atoms with Crippen LogP contribution in [0, 0.1) is 12.7 Å². The van der Waals surface area contributed by atoms with Gasteiger partial charge in [0, 0.05) is 30.3 Å². The molecule has 0 saturated heterocycles. The highest BCUT2D eigenvalue weighted by atomic mass is 19.1. The van der Waals surface area contributed by atoms with Crippen LogP contribution in [0.2, 0.25) is 0 Å². The molecule has 1 heterocycles. The van der Waals surface area contributed by atoms with E-state index in [0.717, 1.165) is 5.69 Å². The maximum Gasteiger partial charge on any atom is 0.303 e. The van der Waals surface area contributed by atoms with E-state index in [-0.39, 0.29) is 12.2 Å². The summed E-state index contributed by atoms with van der Waals surface area (Å²) in [5.74, 6) is -1.20. The lowest BCUT2D eigenvalue weighted by molar-refractivity contribution is -0.136. The molecule has 0 saturated carbocycles. The average molecular weight is 262 g/mol. The number of hydrogen-bond donors (Lipinski definition) is 1. The lowest BCUT2D eigenvalue weighted by Crippen LogP contribution is -2.04. The molecule has 0 aliphatic carbocycles. The standard InChI is InChI=1S/C14H15FN2O2/c1-9-14(10-5-3-4-6-11(10)15)12(17(2)16-9)7-8-13(18)19/h3-6H,7-8H2,1-2H3,(H,18,19). The fourth-order valence-electron chi connectivity index (χ4n) is 2.23. The predicted octanol–water partition coefficient (Wildman–Crippen LogP) is 2.55. The highest BCUT2D eigenvalue weighted by Crippen LogP contribution is 2.29. The summed E-state index contributed by atoms with van der Waals surface area (Å²) in [4.78, 5) is 10.7. The fraction of sp³-hybridized carbons (Fsp3) is 0.286. The summed E-state index contributed by atoms with van der Waals surface area (Å²) in [6, 6.07) is 6.46. The highest BCUT2D eigenvalue weighted by Gasteiger charge is 2.18. The normalized spacial score (nSPS) is 10.7. The van der Waals surface area contributed by atoms with Crippen LogP contribution in [0.4, 0.5) is 4.39 Å². The predicted molar refractivity (Wildman–Crippen MR) is 69.3 cm³/mol. The van der Waals surface area contributed by atoms with Crippen LogP contribution in [0.5, 0.6) is 0 Å². The van der Waals surface area contributed by atoms with E-state index in [4.69, 9.17) is 5.11 Å². The van der Waals surface area contributed by atoms with Crippen molar-refractivity contribution >= 4 is 5.97 Å². The van der Waals surface area contributed by atoms with Crippen molar-refractivity contribution in [2.24, 2.45) is 7.05 Å². The number of aryl methyl sites for hydroxylation is 2. The molecular weight excluding hydrogens is 247 g/mol. The first-order valence-electron chi connectivity index (χ1n) is 6.00. The third-order valence-corrected chi connectivity index (χ3v) is 3.06. The van der Waals surface area contributed by atoms with Crippen LogP contribution in [-0.4, -0.2) is 20.9 Å². The molecule has 2 aromatic rings. The van der Waals surface area contributed by atoms with Crippen LogP contribution in [0.25, 0.3) is 11.1 Å². The topological polar surface area (TPSA) is 55.1 Å². The molecule has 0 aliphatic heterocycles. The first-order chi connectivity index (χ1) is 9.00. The summed E-state index contributed by atoms with van der Waals surface area (Å²) in [5, 5.41) is 13.0. The van der Waals surface area contributed by atoms with Crippen LogP contribution in [0.1, 0.15) is 17.8 Å². The molecule has 0 bridgehead atoms. The summed E-state index contributed by atoms with van der Waals surface area (Å²) in [7, 11) is 1.74. The molecular formula is C14H15FN2O2.